The number of hydrogen-bond acceptors (Lipinski definition) is 9. The zero-order valence-electron chi connectivity index (χ0n) is 20.6. The Balaban J connectivity index is 1.46. The fourth-order valence-corrected chi connectivity index (χ4v) is 5.39. The van der Waals surface area contributed by atoms with Crippen molar-refractivity contribution in [3.05, 3.63) is 24.5 Å². The van der Waals surface area contributed by atoms with E-state index in [1.165, 1.54) is 28.3 Å². The summed E-state index contributed by atoms with van der Waals surface area (Å²) in [5.74, 6) is -0.0951. The molecule has 5 heterocycles. The second kappa shape index (κ2) is 8.23. The number of ether oxygens (including phenoxy) is 2. The second-order valence-electron chi connectivity index (χ2n) is 10.6. The summed E-state index contributed by atoms with van der Waals surface area (Å²) in [6, 6.07) is 2.96. The van der Waals surface area contributed by atoms with E-state index in [4.69, 9.17) is 14.5 Å². The molecule has 1 N–H and O–H groups in total. The zero-order valence-corrected chi connectivity index (χ0v) is 21.4. The molecule has 3 aromatic rings. The van der Waals surface area contributed by atoms with E-state index in [2.05, 4.69) is 10.3 Å². The van der Waals surface area contributed by atoms with Gasteiger partial charge in [-0.1, -0.05) is 16.6 Å². The fourth-order valence-electron chi connectivity index (χ4n) is 4.34. The molecule has 1 amide bonds. The molecule has 3 saturated heterocycles. The summed E-state index contributed by atoms with van der Waals surface area (Å²) in [5, 5.41) is 18.4. The Bertz CT molecular complexity index is 1270. The van der Waals surface area contributed by atoms with Gasteiger partial charge in [-0.3, -0.25) is 4.90 Å². The standard InChI is InChI=1S/C23H28F2N6O4S/c1-21(2,3)35-20(32)31-13-10-14(31)12-29(11-13)19-27-17-15(30-9-8-26-28-30)6-7-16(18(17)36-19)34-23(24,25)22(4,5)33/h6-9,13-14,33H,10-12H2,1-5H3. The predicted molar refractivity (Wildman–Crippen MR) is 129 cm³/mol. The van der Waals surface area contributed by atoms with E-state index in [0.717, 1.165) is 20.3 Å². The number of piperazine rings is 1. The number of carbonyl (C=O) groups excluding carboxylic acids is 1. The highest BCUT2D eigenvalue weighted by atomic mass is 32.1. The Kier molecular flexibility index (Phi) is 5.63. The van der Waals surface area contributed by atoms with Crippen molar-refractivity contribution in [2.45, 2.75) is 70.4 Å². The van der Waals surface area contributed by atoms with Crippen molar-refractivity contribution >= 4 is 32.8 Å². The molecule has 194 valence electrons. The molecule has 2 aromatic heterocycles. The van der Waals surface area contributed by atoms with Crippen LogP contribution in [0.4, 0.5) is 18.7 Å². The molecule has 2 atom stereocenters. The number of nitrogens with zero attached hydrogens (tertiary/aromatic N) is 6. The zero-order chi connectivity index (χ0) is 26.0. The molecule has 1 aromatic carbocycles. The molecule has 0 saturated carbocycles. The lowest BCUT2D eigenvalue weighted by Gasteiger charge is -2.55. The molecule has 2 bridgehead atoms. The van der Waals surface area contributed by atoms with Crippen molar-refractivity contribution in [1.82, 2.24) is 24.9 Å². The average molecular weight is 523 g/mol. The van der Waals surface area contributed by atoms with E-state index >= 15 is 0 Å². The number of rotatable bonds is 5. The highest BCUT2D eigenvalue weighted by Gasteiger charge is 2.50. The Morgan fingerprint density at radius 3 is 2.44 bits per heavy atom. The number of halogens is 2. The summed E-state index contributed by atoms with van der Waals surface area (Å²) < 4.78 is 41.7. The monoisotopic (exact) mass is 522 g/mol. The number of anilines is 1. The highest BCUT2D eigenvalue weighted by molar-refractivity contribution is 7.22. The third kappa shape index (κ3) is 4.34. The van der Waals surface area contributed by atoms with Crippen LogP contribution in [0.3, 0.4) is 0 Å². The number of carbonyl (C=O) groups is 1. The van der Waals surface area contributed by atoms with Crippen LogP contribution in [0.2, 0.25) is 0 Å². The van der Waals surface area contributed by atoms with Gasteiger partial charge in [0, 0.05) is 13.1 Å². The van der Waals surface area contributed by atoms with Crippen molar-refractivity contribution in [1.29, 1.82) is 0 Å². The summed E-state index contributed by atoms with van der Waals surface area (Å²) in [7, 11) is 0. The number of thiazole rings is 1. The first-order chi connectivity index (χ1) is 16.7. The first-order valence-corrected chi connectivity index (χ1v) is 12.4. The van der Waals surface area contributed by atoms with Gasteiger partial charge in [-0.25, -0.2) is 14.5 Å². The minimum absolute atomic E-state index is 0.0179. The SMILES string of the molecule is CC(C)(C)OC(=O)N1C2CC1CN(c1nc3c(-n4ccnn4)ccc(OC(F)(F)C(C)(C)O)c3s1)C2. The van der Waals surface area contributed by atoms with Gasteiger partial charge in [0.2, 0.25) is 0 Å². The van der Waals surface area contributed by atoms with Crippen molar-refractivity contribution in [2.24, 2.45) is 0 Å². The van der Waals surface area contributed by atoms with Crippen LogP contribution < -0.4 is 9.64 Å². The Labute approximate surface area is 210 Å². The summed E-state index contributed by atoms with van der Waals surface area (Å²) in [6.07, 6.45) is -0.147. The lowest BCUT2D eigenvalue weighted by molar-refractivity contribution is -0.275. The number of piperidine rings is 1. The highest BCUT2D eigenvalue weighted by Crippen LogP contribution is 2.44. The molecule has 3 aliphatic rings. The maximum Gasteiger partial charge on any atom is 0.426 e. The maximum atomic E-state index is 14.6. The molecule has 0 spiro atoms. The maximum absolute atomic E-state index is 14.6. The van der Waals surface area contributed by atoms with E-state index in [0.29, 0.717) is 34.1 Å². The summed E-state index contributed by atoms with van der Waals surface area (Å²) in [5.41, 5.74) is -1.99. The molecule has 3 aliphatic heterocycles. The van der Waals surface area contributed by atoms with Gasteiger partial charge >= 0.3 is 12.2 Å². The summed E-state index contributed by atoms with van der Waals surface area (Å²) in [6.45, 7) is 8.57. The largest absolute Gasteiger partial charge is 0.444 e. The molecule has 10 nitrogen and oxygen atoms in total. The summed E-state index contributed by atoms with van der Waals surface area (Å²) >= 11 is 1.21. The second-order valence-corrected chi connectivity index (χ2v) is 11.6. The van der Waals surface area contributed by atoms with E-state index in [9.17, 15) is 18.7 Å². The van der Waals surface area contributed by atoms with Crippen LogP contribution in [0.5, 0.6) is 5.75 Å². The molecule has 13 heteroatoms. The van der Waals surface area contributed by atoms with Gasteiger partial charge in [0.25, 0.3) is 0 Å². The summed E-state index contributed by atoms with van der Waals surface area (Å²) in [4.78, 5) is 21.2. The fraction of sp³-hybridized carbons (Fsp3) is 0.565. The van der Waals surface area contributed by atoms with Gasteiger partial charge in [-0.2, -0.15) is 8.78 Å². The van der Waals surface area contributed by atoms with E-state index in [1.807, 2.05) is 25.7 Å². The number of alkyl halides is 2. The molecule has 2 unspecified atom stereocenters. The van der Waals surface area contributed by atoms with Crippen LogP contribution in [0.1, 0.15) is 41.0 Å². The smallest absolute Gasteiger partial charge is 0.426 e. The van der Waals surface area contributed by atoms with Gasteiger partial charge in [-0.05, 0) is 53.2 Å². The minimum atomic E-state index is -3.83. The van der Waals surface area contributed by atoms with Crippen LogP contribution in [0, 0.1) is 0 Å². The quantitative estimate of drug-likeness (QED) is 0.539. The van der Waals surface area contributed by atoms with Gasteiger partial charge in [0.15, 0.2) is 10.7 Å². The van der Waals surface area contributed by atoms with Crippen LogP contribution in [0.15, 0.2) is 24.5 Å². The van der Waals surface area contributed by atoms with Gasteiger partial charge in [0.05, 0.1) is 30.2 Å². The first-order valence-electron chi connectivity index (χ1n) is 11.6. The van der Waals surface area contributed by atoms with Crippen LogP contribution >= 0.6 is 11.3 Å². The van der Waals surface area contributed by atoms with Crippen molar-refractivity contribution in [2.75, 3.05) is 18.0 Å². The molecule has 0 radical (unpaired) electrons. The number of hydrogen-bond donors (Lipinski definition) is 1. The molecule has 0 aliphatic carbocycles. The molecular weight excluding hydrogens is 494 g/mol. The van der Waals surface area contributed by atoms with Crippen LogP contribution in [-0.2, 0) is 4.74 Å². The minimum Gasteiger partial charge on any atom is -0.444 e. The Morgan fingerprint density at radius 1 is 1.17 bits per heavy atom. The molecule has 6 rings (SSSR count). The number of aromatic nitrogens is 4. The molecule has 36 heavy (non-hydrogen) atoms. The van der Waals surface area contributed by atoms with E-state index < -0.39 is 17.3 Å². The lowest BCUT2D eigenvalue weighted by Crippen LogP contribution is -2.70. The van der Waals surface area contributed by atoms with Crippen molar-refractivity contribution < 1.29 is 28.2 Å². The number of fused-ring (bicyclic) bond motifs is 3. The number of amides is 1. The third-order valence-electron chi connectivity index (χ3n) is 6.16. The van der Waals surface area contributed by atoms with E-state index in [-0.39, 0.29) is 23.9 Å². The van der Waals surface area contributed by atoms with Gasteiger partial charge < -0.3 is 19.5 Å². The van der Waals surface area contributed by atoms with Crippen molar-refractivity contribution in [3.8, 4) is 11.4 Å². The molecular formula is C23H28F2N6O4S. The van der Waals surface area contributed by atoms with Crippen LogP contribution in [0.25, 0.3) is 15.9 Å². The average Bonchev–Trinajstić information content (AvgIpc) is 3.42. The third-order valence-corrected chi connectivity index (χ3v) is 7.29. The Hall–Kier alpha value is -3.06. The number of aliphatic hydroxyl groups is 1. The van der Waals surface area contributed by atoms with Gasteiger partial charge in [0.1, 0.15) is 21.6 Å². The number of benzene rings is 1. The normalized spacial score (nSPS) is 20.4. The molecule has 3 fully saturated rings. The van der Waals surface area contributed by atoms with Crippen LogP contribution in [-0.4, -0.2) is 78.6 Å². The predicted octanol–water partition coefficient (Wildman–Crippen LogP) is 3.82. The topological polar surface area (TPSA) is 106 Å². The Morgan fingerprint density at radius 2 is 1.86 bits per heavy atom. The van der Waals surface area contributed by atoms with Crippen molar-refractivity contribution in [3.63, 3.8) is 0 Å². The van der Waals surface area contributed by atoms with Gasteiger partial charge in [-0.15, -0.1) is 5.10 Å². The van der Waals surface area contributed by atoms with E-state index in [1.54, 1.807) is 17.2 Å². The lowest BCUT2D eigenvalue weighted by atomic mass is 9.88. The first kappa shape index (κ1) is 24.6.